The zero-order valence-electron chi connectivity index (χ0n) is 34.0. The van der Waals surface area contributed by atoms with Crippen LogP contribution in [0.5, 0.6) is 0 Å². The zero-order valence-corrected chi connectivity index (χ0v) is 34.9. The van der Waals surface area contributed by atoms with Gasteiger partial charge in [-0.05, 0) is 76.5 Å². The molecule has 4 atom stereocenters. The Bertz CT molecular complexity index is 835. The molecule has 0 aromatic heterocycles. The van der Waals surface area contributed by atoms with Crippen molar-refractivity contribution in [1.82, 2.24) is 4.72 Å². The van der Waals surface area contributed by atoms with E-state index in [9.17, 15) is 9.59 Å². The van der Waals surface area contributed by atoms with Crippen molar-refractivity contribution in [3.63, 3.8) is 0 Å². The Labute approximate surface area is 316 Å². The number of ether oxygens (including phenoxy) is 2. The average Bonchev–Trinajstić information content (AvgIpc) is 3.49. The first-order valence-electron chi connectivity index (χ1n) is 21.5. The maximum Gasteiger partial charge on any atom is 0.306 e. The molecule has 0 spiro atoms. The van der Waals surface area contributed by atoms with Crippen molar-refractivity contribution in [2.45, 2.75) is 239 Å². The summed E-state index contributed by atoms with van der Waals surface area (Å²) in [7, 11) is 0. The molecule has 7 heteroatoms. The molecular weight excluding hydrogens is 641 g/mol. The van der Waals surface area contributed by atoms with E-state index >= 15 is 0 Å². The predicted octanol–water partition coefficient (Wildman–Crippen LogP) is 12.2. The van der Waals surface area contributed by atoms with E-state index in [0.717, 1.165) is 38.5 Å². The van der Waals surface area contributed by atoms with Crippen molar-refractivity contribution in [2.75, 3.05) is 6.54 Å². The Kier molecular flexibility index (Phi) is 27.1. The summed E-state index contributed by atoms with van der Waals surface area (Å²) in [4.78, 5) is 25.8. The summed E-state index contributed by atoms with van der Waals surface area (Å²) in [5, 5.41) is 0. The molecule has 1 rings (SSSR count). The minimum Gasteiger partial charge on any atom is -0.462 e. The van der Waals surface area contributed by atoms with Gasteiger partial charge in [0.15, 0.2) is 0 Å². The van der Waals surface area contributed by atoms with Crippen LogP contribution in [0.4, 0.5) is 0 Å². The molecule has 296 valence electrons. The van der Waals surface area contributed by atoms with Crippen molar-refractivity contribution in [3.05, 3.63) is 0 Å². The van der Waals surface area contributed by atoms with E-state index < -0.39 is 0 Å². The third-order valence-electron chi connectivity index (χ3n) is 11.5. The lowest BCUT2D eigenvalue weighted by atomic mass is 9.67. The van der Waals surface area contributed by atoms with Crippen LogP contribution in [0.3, 0.4) is 0 Å². The van der Waals surface area contributed by atoms with Crippen LogP contribution in [-0.2, 0) is 19.1 Å². The molecule has 0 bridgehead atoms. The van der Waals surface area contributed by atoms with Crippen molar-refractivity contribution in [3.8, 4) is 0 Å². The fourth-order valence-corrected chi connectivity index (χ4v) is 8.58. The molecule has 0 aliphatic heterocycles. The molecule has 1 saturated carbocycles. The highest BCUT2D eigenvalue weighted by Gasteiger charge is 2.41. The van der Waals surface area contributed by atoms with E-state index in [4.69, 9.17) is 15.2 Å². The Balaban J connectivity index is 2.91. The summed E-state index contributed by atoms with van der Waals surface area (Å²) in [6.45, 7) is 14.4. The van der Waals surface area contributed by atoms with E-state index in [2.05, 4.69) is 59.1 Å². The van der Waals surface area contributed by atoms with Crippen molar-refractivity contribution in [2.24, 2.45) is 23.0 Å². The van der Waals surface area contributed by atoms with Gasteiger partial charge < -0.3 is 15.2 Å². The van der Waals surface area contributed by atoms with Crippen LogP contribution in [-0.4, -0.2) is 36.2 Å². The molecule has 0 aromatic carbocycles. The lowest BCUT2D eigenvalue weighted by Crippen LogP contribution is -2.50. The monoisotopic (exact) mass is 725 g/mol. The van der Waals surface area contributed by atoms with Gasteiger partial charge in [-0.25, -0.2) is 0 Å². The lowest BCUT2D eigenvalue weighted by molar-refractivity contribution is -0.158. The van der Waals surface area contributed by atoms with Gasteiger partial charge in [0.05, 0.1) is 0 Å². The number of unbranched alkanes of at least 4 members (excludes halogenated alkanes) is 15. The summed E-state index contributed by atoms with van der Waals surface area (Å²) < 4.78 is 15.0. The van der Waals surface area contributed by atoms with Crippen LogP contribution in [0, 0.1) is 17.3 Å². The maximum absolute atomic E-state index is 13.6. The van der Waals surface area contributed by atoms with Crippen LogP contribution < -0.4 is 10.5 Å². The number of esters is 2. The largest absolute Gasteiger partial charge is 0.462 e. The topological polar surface area (TPSA) is 90.6 Å². The van der Waals surface area contributed by atoms with Crippen LogP contribution in [0.1, 0.15) is 221 Å². The van der Waals surface area contributed by atoms with Crippen LogP contribution >= 0.6 is 12.8 Å². The number of thiol groups is 1. The number of carbonyl (C=O) groups is 2. The van der Waals surface area contributed by atoms with Gasteiger partial charge in [0, 0.05) is 30.3 Å². The first-order chi connectivity index (χ1) is 24.0. The van der Waals surface area contributed by atoms with E-state index in [-0.39, 0.29) is 41.0 Å². The van der Waals surface area contributed by atoms with E-state index in [1.54, 1.807) is 0 Å². The quantitative estimate of drug-likeness (QED) is 0.0355. The molecule has 3 N–H and O–H groups in total. The molecule has 4 unspecified atom stereocenters. The highest BCUT2D eigenvalue weighted by Crippen LogP contribution is 2.41. The number of hydrogen-bond donors (Lipinski definition) is 3. The fraction of sp³-hybridized carbons (Fsp3) is 0.953. The molecule has 50 heavy (non-hydrogen) atoms. The lowest BCUT2D eigenvalue weighted by Gasteiger charge is -2.44. The molecule has 1 fully saturated rings. The van der Waals surface area contributed by atoms with Gasteiger partial charge in [-0.1, -0.05) is 157 Å². The highest BCUT2D eigenvalue weighted by molar-refractivity contribution is 7.78. The van der Waals surface area contributed by atoms with Crippen LogP contribution in [0.25, 0.3) is 0 Å². The third-order valence-corrected chi connectivity index (χ3v) is 11.7. The number of rotatable bonds is 33. The van der Waals surface area contributed by atoms with Gasteiger partial charge in [0.2, 0.25) is 0 Å². The predicted molar refractivity (Wildman–Crippen MR) is 216 cm³/mol. The van der Waals surface area contributed by atoms with Crippen molar-refractivity contribution in [1.29, 1.82) is 0 Å². The van der Waals surface area contributed by atoms with E-state index in [0.29, 0.717) is 31.7 Å². The molecule has 0 radical (unpaired) electrons. The van der Waals surface area contributed by atoms with Crippen LogP contribution in [0.2, 0.25) is 0 Å². The molecule has 1 aliphatic carbocycles. The maximum atomic E-state index is 13.6. The summed E-state index contributed by atoms with van der Waals surface area (Å²) in [6, 6.07) is 0. The second-order valence-corrected chi connectivity index (χ2v) is 17.3. The first-order valence-corrected chi connectivity index (χ1v) is 22.0. The molecule has 0 aromatic rings. The van der Waals surface area contributed by atoms with Gasteiger partial charge in [-0.15, -0.1) is 0 Å². The Morgan fingerprint density at radius 3 is 1.74 bits per heavy atom. The molecule has 0 heterocycles. The standard InChI is InChI=1S/C43H84N2O4S/c1-7-10-13-16-19-22-26-37(27-23-20-17-14-11-8-2)43(6,44)35-42(4,5)39(28-24-21-18-15-12-9-3)49-41(47)34-36-30-31-38(33-36)48-40(46)29-25-32-45-50/h36-39,45,50H,7-35,44H2,1-6H3. The van der Waals surface area contributed by atoms with Gasteiger partial charge in [-0.2, -0.15) is 0 Å². The average molecular weight is 725 g/mol. The minimum absolute atomic E-state index is 0.0900. The van der Waals surface area contributed by atoms with Gasteiger partial charge in [-0.3, -0.25) is 14.3 Å². The van der Waals surface area contributed by atoms with Gasteiger partial charge >= 0.3 is 11.9 Å². The Hall–Kier alpha value is -0.790. The normalized spacial score (nSPS) is 18.3. The Morgan fingerprint density at radius 2 is 1.22 bits per heavy atom. The molecule has 1 aliphatic rings. The number of nitrogens with two attached hydrogens (primary N) is 1. The number of nitrogens with one attached hydrogen (secondary N) is 1. The SMILES string of the molecule is CCCCCCCCC(OC(=O)CC1CCC(OC(=O)CCCNS)C1)C(C)(C)CC(C)(N)C(CCCCCCCC)CCCCCCCC. The van der Waals surface area contributed by atoms with Crippen LogP contribution in [0.15, 0.2) is 0 Å². The van der Waals surface area contributed by atoms with E-state index in [1.807, 2.05) is 0 Å². The third kappa shape index (κ3) is 22.3. The number of carbonyl (C=O) groups excluding carboxylic acids is 2. The summed E-state index contributed by atoms with van der Waals surface area (Å²) >= 11 is 3.98. The molecular formula is C43H84N2O4S. The smallest absolute Gasteiger partial charge is 0.306 e. The van der Waals surface area contributed by atoms with E-state index in [1.165, 1.54) is 122 Å². The zero-order chi connectivity index (χ0) is 37.1. The summed E-state index contributed by atoms with van der Waals surface area (Å²) in [5.74, 6) is 0.437. The van der Waals surface area contributed by atoms with Gasteiger partial charge in [0.25, 0.3) is 0 Å². The highest BCUT2D eigenvalue weighted by atomic mass is 32.1. The second kappa shape index (κ2) is 28.7. The summed E-state index contributed by atoms with van der Waals surface area (Å²) in [5.41, 5.74) is 6.85. The first kappa shape index (κ1) is 47.2. The second-order valence-electron chi connectivity index (χ2n) is 17.0. The fourth-order valence-electron chi connectivity index (χ4n) is 8.43. The number of hydrogen-bond acceptors (Lipinski definition) is 7. The Morgan fingerprint density at radius 1 is 0.720 bits per heavy atom. The molecule has 0 amide bonds. The molecule has 6 nitrogen and oxygen atoms in total. The van der Waals surface area contributed by atoms with Crippen molar-refractivity contribution < 1.29 is 19.1 Å². The van der Waals surface area contributed by atoms with Gasteiger partial charge in [0.1, 0.15) is 12.2 Å². The summed E-state index contributed by atoms with van der Waals surface area (Å²) in [6.07, 6.45) is 31.0. The minimum atomic E-state index is -0.312. The molecule has 0 saturated heterocycles. The van der Waals surface area contributed by atoms with Crippen molar-refractivity contribution >= 4 is 24.8 Å².